The summed E-state index contributed by atoms with van der Waals surface area (Å²) in [4.78, 5) is 0. The molecule has 0 aromatic rings. The Morgan fingerprint density at radius 1 is 1.30 bits per heavy atom. The molecule has 112 valence electrons. The first kappa shape index (κ1) is 14.2. The first-order valence-electron chi connectivity index (χ1n) is 8.39. The van der Waals surface area contributed by atoms with E-state index >= 15 is 0 Å². The molecule has 2 saturated carbocycles. The minimum absolute atomic E-state index is 0.0800. The molecule has 2 unspecified atom stereocenters. The summed E-state index contributed by atoms with van der Waals surface area (Å²) < 4.78 is 0. The minimum atomic E-state index is 0.0800. The lowest BCUT2D eigenvalue weighted by molar-refractivity contribution is 0.0161. The number of hydrogen-bond donors (Lipinski definition) is 1. The van der Waals surface area contributed by atoms with Crippen molar-refractivity contribution in [2.75, 3.05) is 0 Å². The predicted octanol–water partition coefficient (Wildman–Crippen LogP) is 5.03. The van der Waals surface area contributed by atoms with Crippen LogP contribution in [0.4, 0.5) is 0 Å². The number of allylic oxidation sites excluding steroid dienone is 2. The highest BCUT2D eigenvalue weighted by atomic mass is 16.4. The Morgan fingerprint density at radius 2 is 2.10 bits per heavy atom. The molecule has 0 bridgehead atoms. The molecular weight excluding hydrogens is 246 g/mol. The highest BCUT2D eigenvalue weighted by Crippen LogP contribution is 2.62. The molecule has 0 amide bonds. The van der Waals surface area contributed by atoms with Gasteiger partial charge in [-0.05, 0) is 61.7 Å². The van der Waals surface area contributed by atoms with Crippen molar-refractivity contribution >= 4 is 6.21 Å². The second kappa shape index (κ2) is 4.89. The van der Waals surface area contributed by atoms with Crippen molar-refractivity contribution in [1.82, 2.24) is 0 Å². The van der Waals surface area contributed by atoms with Gasteiger partial charge in [0.1, 0.15) is 0 Å². The maximum Gasteiger partial charge on any atom is 0.0498 e. The summed E-state index contributed by atoms with van der Waals surface area (Å²) in [6.45, 7) is 7.19. The van der Waals surface area contributed by atoms with Gasteiger partial charge in [-0.25, -0.2) is 0 Å². The van der Waals surface area contributed by atoms with Gasteiger partial charge in [0.25, 0.3) is 0 Å². The largest absolute Gasteiger partial charge is 0.411 e. The van der Waals surface area contributed by atoms with Gasteiger partial charge in [0, 0.05) is 11.6 Å². The first-order valence-corrected chi connectivity index (χ1v) is 8.39. The Balaban J connectivity index is 1.97. The summed E-state index contributed by atoms with van der Waals surface area (Å²) in [5, 5.41) is 12.5. The van der Waals surface area contributed by atoms with E-state index in [2.05, 4.69) is 32.0 Å². The van der Waals surface area contributed by atoms with E-state index < -0.39 is 0 Å². The van der Waals surface area contributed by atoms with Gasteiger partial charge in [-0.2, -0.15) is 0 Å². The fourth-order valence-corrected chi connectivity index (χ4v) is 5.74. The van der Waals surface area contributed by atoms with Gasteiger partial charge in [0.05, 0.1) is 0 Å². The van der Waals surface area contributed by atoms with Crippen LogP contribution in [-0.4, -0.2) is 11.4 Å². The number of nitrogens with zero attached hydrogens (tertiary/aromatic N) is 1. The van der Waals surface area contributed by atoms with Gasteiger partial charge >= 0.3 is 0 Å². The Morgan fingerprint density at radius 3 is 2.85 bits per heavy atom. The van der Waals surface area contributed by atoms with Crippen LogP contribution in [0.15, 0.2) is 16.8 Å². The van der Waals surface area contributed by atoms with Crippen molar-refractivity contribution in [2.45, 2.75) is 65.7 Å². The first-order chi connectivity index (χ1) is 9.49. The normalized spacial score (nSPS) is 48.5. The third-order valence-electron chi connectivity index (χ3n) is 6.66. The number of fused-ring (bicyclic) bond motifs is 3. The second-order valence-electron chi connectivity index (χ2n) is 8.08. The average molecular weight is 275 g/mol. The van der Waals surface area contributed by atoms with E-state index in [1.165, 1.54) is 44.9 Å². The smallest absolute Gasteiger partial charge is 0.0498 e. The lowest BCUT2D eigenvalue weighted by Gasteiger charge is -2.57. The molecule has 20 heavy (non-hydrogen) atoms. The summed E-state index contributed by atoms with van der Waals surface area (Å²) in [7, 11) is 0. The zero-order chi connectivity index (χ0) is 14.4. The molecule has 0 radical (unpaired) electrons. The van der Waals surface area contributed by atoms with Gasteiger partial charge in [0.2, 0.25) is 0 Å². The fourth-order valence-electron chi connectivity index (χ4n) is 5.74. The monoisotopic (exact) mass is 275 g/mol. The van der Waals surface area contributed by atoms with Crippen molar-refractivity contribution in [3.63, 3.8) is 0 Å². The Labute approximate surface area is 123 Å². The molecule has 5 atom stereocenters. The van der Waals surface area contributed by atoms with Crippen LogP contribution < -0.4 is 0 Å². The van der Waals surface area contributed by atoms with E-state index in [1.807, 2.05) is 6.21 Å². The van der Waals surface area contributed by atoms with Gasteiger partial charge < -0.3 is 5.21 Å². The SMILES string of the molecule is C[C@@H]1CC=C2C(CCC3[C@@]2(C)CCC[C@@]3(C)/C=N/O)C1. The molecule has 2 heteroatoms. The molecular formula is C18H29NO. The lowest BCUT2D eigenvalue weighted by atomic mass is 9.47. The highest BCUT2D eigenvalue weighted by Gasteiger charge is 2.53. The van der Waals surface area contributed by atoms with Gasteiger partial charge in [-0.3, -0.25) is 0 Å². The molecule has 3 aliphatic carbocycles. The van der Waals surface area contributed by atoms with Crippen LogP contribution in [0.5, 0.6) is 0 Å². The average Bonchev–Trinajstić information content (AvgIpc) is 2.38. The summed E-state index contributed by atoms with van der Waals surface area (Å²) in [6.07, 6.45) is 13.5. The standard InChI is InChI=1S/C18H29NO/c1-13-5-7-15-14(11-13)6-8-16-17(2,12-19-20)9-4-10-18(15,16)3/h7,12-14,16,20H,4-6,8-11H2,1-3H3/b19-12+/t13-,14?,16?,17+,18+/m1/s1. The van der Waals surface area contributed by atoms with Gasteiger partial charge in [0.15, 0.2) is 0 Å². The number of oxime groups is 1. The lowest BCUT2D eigenvalue weighted by Crippen LogP contribution is -2.50. The summed E-state index contributed by atoms with van der Waals surface area (Å²) in [6, 6.07) is 0. The van der Waals surface area contributed by atoms with Crippen LogP contribution in [0.3, 0.4) is 0 Å². The van der Waals surface area contributed by atoms with Gasteiger partial charge in [-0.15, -0.1) is 5.16 Å². The molecule has 0 saturated heterocycles. The quantitative estimate of drug-likeness (QED) is 0.310. The molecule has 2 fully saturated rings. The topological polar surface area (TPSA) is 32.6 Å². The third-order valence-corrected chi connectivity index (χ3v) is 6.66. The predicted molar refractivity (Wildman–Crippen MR) is 83.0 cm³/mol. The van der Waals surface area contributed by atoms with Crippen molar-refractivity contribution in [3.8, 4) is 0 Å². The third kappa shape index (κ3) is 2.03. The van der Waals surface area contributed by atoms with E-state index in [0.29, 0.717) is 11.3 Å². The van der Waals surface area contributed by atoms with Crippen LogP contribution in [-0.2, 0) is 0 Å². The van der Waals surface area contributed by atoms with Crippen LogP contribution >= 0.6 is 0 Å². The van der Waals surface area contributed by atoms with Crippen LogP contribution in [0.25, 0.3) is 0 Å². The van der Waals surface area contributed by atoms with E-state index in [0.717, 1.165) is 11.8 Å². The summed E-state index contributed by atoms with van der Waals surface area (Å²) in [5.41, 5.74) is 2.18. The Kier molecular flexibility index (Phi) is 3.46. The van der Waals surface area contributed by atoms with E-state index in [4.69, 9.17) is 5.21 Å². The number of hydrogen-bond acceptors (Lipinski definition) is 2. The fraction of sp³-hybridized carbons (Fsp3) is 0.833. The van der Waals surface area contributed by atoms with Crippen LogP contribution in [0, 0.1) is 28.6 Å². The Bertz CT molecular complexity index is 441. The van der Waals surface area contributed by atoms with Crippen molar-refractivity contribution in [3.05, 3.63) is 11.6 Å². The molecule has 0 spiro atoms. The molecule has 2 nitrogen and oxygen atoms in total. The summed E-state index contributed by atoms with van der Waals surface area (Å²) in [5.74, 6) is 2.34. The second-order valence-corrected chi connectivity index (χ2v) is 8.08. The van der Waals surface area contributed by atoms with Crippen LogP contribution in [0.1, 0.15) is 65.7 Å². The number of rotatable bonds is 1. The molecule has 0 aliphatic heterocycles. The maximum absolute atomic E-state index is 9.08. The van der Waals surface area contributed by atoms with E-state index in [-0.39, 0.29) is 5.41 Å². The Hall–Kier alpha value is -0.790. The van der Waals surface area contributed by atoms with Crippen molar-refractivity contribution in [1.29, 1.82) is 0 Å². The van der Waals surface area contributed by atoms with Gasteiger partial charge in [-0.1, -0.05) is 38.8 Å². The van der Waals surface area contributed by atoms with Crippen molar-refractivity contribution < 1.29 is 5.21 Å². The zero-order valence-electron chi connectivity index (χ0n) is 13.2. The molecule has 0 heterocycles. The van der Waals surface area contributed by atoms with E-state index in [1.54, 1.807) is 5.57 Å². The van der Waals surface area contributed by atoms with E-state index in [9.17, 15) is 0 Å². The molecule has 3 rings (SSSR count). The molecule has 1 N–H and O–H groups in total. The zero-order valence-corrected chi connectivity index (χ0v) is 13.2. The van der Waals surface area contributed by atoms with Crippen molar-refractivity contribution in [2.24, 2.45) is 33.7 Å². The molecule has 0 aromatic carbocycles. The highest BCUT2D eigenvalue weighted by molar-refractivity contribution is 5.66. The van der Waals surface area contributed by atoms with Crippen LogP contribution in [0.2, 0.25) is 0 Å². The summed E-state index contributed by atoms with van der Waals surface area (Å²) >= 11 is 0. The minimum Gasteiger partial charge on any atom is -0.411 e. The maximum atomic E-state index is 9.08. The molecule has 3 aliphatic rings. The molecule has 0 aromatic heterocycles.